The standard InChI is InChI=1S/2C10H15.Zn/c2*1-7-6-10(4,5)9(3)8(7)2;/h2*1-5H3;. The Kier molecular flexibility index (Phi) is 4.08. The van der Waals surface area contributed by atoms with E-state index in [-0.39, 0.29) is 0 Å². The van der Waals surface area contributed by atoms with Crippen molar-refractivity contribution in [3.63, 3.8) is 0 Å². The fraction of sp³-hybridized carbons (Fsp3) is 0.600. The minimum atomic E-state index is -0.921. The third-order valence-corrected chi connectivity index (χ3v) is 14.3. The van der Waals surface area contributed by atoms with Gasteiger partial charge in [0.2, 0.25) is 0 Å². The molecule has 0 unspecified atom stereocenters. The van der Waals surface area contributed by atoms with Gasteiger partial charge in [-0.15, -0.1) is 0 Å². The van der Waals surface area contributed by atoms with Gasteiger partial charge in [-0.3, -0.25) is 0 Å². The fourth-order valence-electron chi connectivity index (χ4n) is 4.23. The van der Waals surface area contributed by atoms with Crippen LogP contribution in [0.4, 0.5) is 0 Å². The van der Waals surface area contributed by atoms with Gasteiger partial charge in [-0.25, -0.2) is 0 Å². The van der Waals surface area contributed by atoms with Crippen LogP contribution in [0.15, 0.2) is 41.8 Å². The molecule has 2 rings (SSSR count). The van der Waals surface area contributed by atoms with Crippen LogP contribution in [0, 0.1) is 10.8 Å². The zero-order valence-electron chi connectivity index (χ0n) is 15.7. The van der Waals surface area contributed by atoms with E-state index in [2.05, 4.69) is 69.2 Å². The third kappa shape index (κ3) is 2.28. The number of hydrogen-bond acceptors (Lipinski definition) is 0. The van der Waals surface area contributed by atoms with E-state index in [1.807, 2.05) is 8.33 Å². The Balaban J connectivity index is 2.47. The molecule has 2 aliphatic rings. The van der Waals surface area contributed by atoms with E-state index < -0.39 is 17.1 Å². The van der Waals surface area contributed by atoms with Gasteiger partial charge in [0.15, 0.2) is 0 Å². The average Bonchev–Trinajstić information content (AvgIpc) is 2.63. The first-order chi connectivity index (χ1) is 9.44. The van der Waals surface area contributed by atoms with Crippen molar-refractivity contribution in [1.82, 2.24) is 0 Å². The maximum atomic E-state index is 2.44. The number of rotatable bonds is 2. The maximum absolute atomic E-state index is 2.44. The quantitative estimate of drug-likeness (QED) is 0.514. The Hall–Kier alpha value is -0.417. The van der Waals surface area contributed by atoms with Gasteiger partial charge in [0.05, 0.1) is 0 Å². The van der Waals surface area contributed by atoms with Crippen molar-refractivity contribution in [2.45, 2.75) is 69.2 Å². The second kappa shape index (κ2) is 5.05. The van der Waals surface area contributed by atoms with E-state index in [4.69, 9.17) is 0 Å². The van der Waals surface area contributed by atoms with Crippen molar-refractivity contribution < 1.29 is 17.1 Å². The molecule has 0 aromatic carbocycles. The summed E-state index contributed by atoms with van der Waals surface area (Å²) in [7, 11) is 0. The summed E-state index contributed by atoms with van der Waals surface area (Å²) >= 11 is -0.921. The predicted molar refractivity (Wildman–Crippen MR) is 89.7 cm³/mol. The van der Waals surface area contributed by atoms with E-state index >= 15 is 0 Å². The normalized spacial score (nSPS) is 24.5. The first-order valence-electron chi connectivity index (χ1n) is 8.21. The van der Waals surface area contributed by atoms with Gasteiger partial charge < -0.3 is 0 Å². The van der Waals surface area contributed by atoms with Crippen LogP contribution in [0.2, 0.25) is 0 Å². The second-order valence-electron chi connectivity index (χ2n) is 8.13. The zero-order valence-corrected chi connectivity index (χ0v) is 18.7. The van der Waals surface area contributed by atoms with Crippen LogP contribution in [-0.2, 0) is 17.1 Å². The van der Waals surface area contributed by atoms with Crippen LogP contribution in [-0.4, -0.2) is 0 Å². The molecular formula is C20H30Zn. The predicted octanol–water partition coefficient (Wildman–Crippen LogP) is 6.37. The first kappa shape index (κ1) is 16.9. The van der Waals surface area contributed by atoms with Gasteiger partial charge in [-0.2, -0.15) is 0 Å². The molecular weight excluding hydrogens is 306 g/mol. The summed E-state index contributed by atoms with van der Waals surface area (Å²) in [6, 6.07) is 0. The molecule has 0 aromatic heterocycles. The molecule has 0 radical (unpaired) electrons. The molecule has 0 atom stereocenters. The molecule has 1 heteroatoms. The summed E-state index contributed by atoms with van der Waals surface area (Å²) in [5.74, 6) is 0. The molecule has 0 amide bonds. The van der Waals surface area contributed by atoms with E-state index in [1.165, 1.54) is 0 Å². The van der Waals surface area contributed by atoms with Crippen LogP contribution in [0.25, 0.3) is 0 Å². The Morgan fingerprint density at radius 1 is 0.524 bits per heavy atom. The summed E-state index contributed by atoms with van der Waals surface area (Å²) in [6.45, 7) is 23.8. The van der Waals surface area contributed by atoms with Crippen molar-refractivity contribution in [2.24, 2.45) is 10.8 Å². The summed E-state index contributed by atoms with van der Waals surface area (Å²) in [4.78, 5) is 0. The summed E-state index contributed by atoms with van der Waals surface area (Å²) < 4.78 is 3.63. The minimum absolute atomic E-state index is 0.294. The third-order valence-electron chi connectivity index (χ3n) is 6.89. The van der Waals surface area contributed by atoms with E-state index in [1.54, 1.807) is 33.4 Å². The Bertz CT molecular complexity index is 575. The van der Waals surface area contributed by atoms with Crippen LogP contribution in [0.5, 0.6) is 0 Å². The summed E-state index contributed by atoms with van der Waals surface area (Å²) in [5, 5.41) is 0. The monoisotopic (exact) mass is 334 g/mol. The second-order valence-corrected chi connectivity index (χ2v) is 11.8. The van der Waals surface area contributed by atoms with Crippen LogP contribution in [0.1, 0.15) is 69.2 Å². The Morgan fingerprint density at radius 2 is 0.810 bits per heavy atom. The van der Waals surface area contributed by atoms with Crippen LogP contribution < -0.4 is 0 Å². The van der Waals surface area contributed by atoms with Gasteiger partial charge in [-0.1, -0.05) is 0 Å². The summed E-state index contributed by atoms with van der Waals surface area (Å²) in [5.41, 5.74) is 10.1. The van der Waals surface area contributed by atoms with Crippen molar-refractivity contribution in [3.8, 4) is 0 Å². The topological polar surface area (TPSA) is 0 Å². The molecule has 0 N–H and O–H groups in total. The zero-order chi connectivity index (χ0) is 16.3. The van der Waals surface area contributed by atoms with Crippen molar-refractivity contribution in [3.05, 3.63) is 41.8 Å². The van der Waals surface area contributed by atoms with Gasteiger partial charge in [0, 0.05) is 0 Å². The van der Waals surface area contributed by atoms with Crippen LogP contribution in [0.3, 0.4) is 0 Å². The summed E-state index contributed by atoms with van der Waals surface area (Å²) in [6.07, 6.45) is 0. The molecule has 0 saturated heterocycles. The molecule has 0 bridgehead atoms. The fourth-order valence-corrected chi connectivity index (χ4v) is 10.2. The van der Waals surface area contributed by atoms with E-state index in [0.29, 0.717) is 10.8 Å². The molecule has 0 spiro atoms. The molecule has 0 saturated carbocycles. The molecule has 0 fully saturated rings. The van der Waals surface area contributed by atoms with Crippen molar-refractivity contribution >= 4 is 0 Å². The SMILES string of the molecule is CC1=C(C)C(C)(C)[C]([Zn][C]2=C(C)C(C)=C(C)C2(C)C)=C1C. The molecule has 0 aromatic rings. The van der Waals surface area contributed by atoms with Gasteiger partial charge in [0.1, 0.15) is 0 Å². The van der Waals surface area contributed by atoms with Crippen molar-refractivity contribution in [2.75, 3.05) is 0 Å². The van der Waals surface area contributed by atoms with E-state index in [0.717, 1.165) is 0 Å². The molecule has 21 heavy (non-hydrogen) atoms. The van der Waals surface area contributed by atoms with Gasteiger partial charge in [-0.05, 0) is 0 Å². The molecule has 0 heterocycles. The van der Waals surface area contributed by atoms with E-state index in [9.17, 15) is 0 Å². The number of hydrogen-bond donors (Lipinski definition) is 0. The Morgan fingerprint density at radius 3 is 1.00 bits per heavy atom. The average molecular weight is 336 g/mol. The Labute approximate surface area is 139 Å². The molecule has 2 aliphatic carbocycles. The molecule has 0 aliphatic heterocycles. The van der Waals surface area contributed by atoms with Gasteiger partial charge >= 0.3 is 139 Å². The first-order valence-corrected chi connectivity index (χ1v) is 11.2. The van der Waals surface area contributed by atoms with Crippen LogP contribution >= 0.6 is 0 Å². The molecule has 0 nitrogen and oxygen atoms in total. The molecule has 112 valence electrons. The number of allylic oxidation sites excluding steroid dienone is 8. The van der Waals surface area contributed by atoms with Crippen molar-refractivity contribution in [1.29, 1.82) is 0 Å². The van der Waals surface area contributed by atoms with Gasteiger partial charge in [0.25, 0.3) is 0 Å².